The lowest BCUT2D eigenvalue weighted by Crippen LogP contribution is -2.17. The number of nitrogens with zero attached hydrogens (tertiary/aromatic N) is 1. The predicted molar refractivity (Wildman–Crippen MR) is 57.4 cm³/mol. The number of aromatic nitrogens is 1. The van der Waals surface area contributed by atoms with E-state index in [0.717, 1.165) is 5.69 Å². The van der Waals surface area contributed by atoms with Crippen LogP contribution >= 0.6 is 0 Å². The average molecular weight is 206 g/mol. The van der Waals surface area contributed by atoms with Crippen molar-refractivity contribution in [1.29, 1.82) is 0 Å². The molecule has 0 aliphatic carbocycles. The summed E-state index contributed by atoms with van der Waals surface area (Å²) in [5.41, 5.74) is 1.25. The SMILES string of the molecule is CC(=O)c1c[nH]c(C2=NC(C)(C)CO2)c1. The lowest BCUT2D eigenvalue weighted by atomic mass is 10.1. The second-order valence-electron chi connectivity index (χ2n) is 4.38. The van der Waals surface area contributed by atoms with E-state index in [1.165, 1.54) is 6.92 Å². The van der Waals surface area contributed by atoms with Gasteiger partial charge in [0.05, 0.1) is 5.54 Å². The first-order chi connectivity index (χ1) is 6.98. The molecule has 1 N–H and O–H groups in total. The van der Waals surface area contributed by atoms with Crippen molar-refractivity contribution in [2.75, 3.05) is 6.61 Å². The summed E-state index contributed by atoms with van der Waals surface area (Å²) < 4.78 is 5.45. The quantitative estimate of drug-likeness (QED) is 0.750. The Labute approximate surface area is 88.4 Å². The van der Waals surface area contributed by atoms with Crippen molar-refractivity contribution in [3.8, 4) is 0 Å². The van der Waals surface area contributed by atoms with Crippen molar-refractivity contribution in [2.45, 2.75) is 26.3 Å². The fourth-order valence-electron chi connectivity index (χ4n) is 1.44. The van der Waals surface area contributed by atoms with E-state index in [-0.39, 0.29) is 11.3 Å². The summed E-state index contributed by atoms with van der Waals surface area (Å²) in [4.78, 5) is 18.5. The molecule has 0 amide bonds. The molecule has 2 heterocycles. The molecule has 0 saturated heterocycles. The Hall–Kier alpha value is -1.58. The van der Waals surface area contributed by atoms with E-state index in [2.05, 4.69) is 9.98 Å². The van der Waals surface area contributed by atoms with Crippen LogP contribution in [0.2, 0.25) is 0 Å². The van der Waals surface area contributed by atoms with Gasteiger partial charge in [-0.2, -0.15) is 0 Å². The van der Waals surface area contributed by atoms with Crippen molar-refractivity contribution in [3.63, 3.8) is 0 Å². The first-order valence-corrected chi connectivity index (χ1v) is 4.90. The minimum atomic E-state index is -0.170. The maximum Gasteiger partial charge on any atom is 0.233 e. The van der Waals surface area contributed by atoms with Gasteiger partial charge < -0.3 is 9.72 Å². The number of carbonyl (C=O) groups is 1. The minimum absolute atomic E-state index is 0.0374. The van der Waals surface area contributed by atoms with E-state index >= 15 is 0 Å². The first-order valence-electron chi connectivity index (χ1n) is 4.90. The second kappa shape index (κ2) is 3.22. The number of Topliss-reactive ketones (excluding diaryl/α,β-unsaturated/α-hetero) is 1. The standard InChI is InChI=1S/C11H14N2O2/c1-7(14)8-4-9(12-5-8)10-13-11(2,3)6-15-10/h4-5,12H,6H2,1-3H3. The molecule has 0 radical (unpaired) electrons. The fourth-order valence-corrected chi connectivity index (χ4v) is 1.44. The van der Waals surface area contributed by atoms with Gasteiger partial charge in [-0.15, -0.1) is 0 Å². The van der Waals surface area contributed by atoms with E-state index < -0.39 is 0 Å². The summed E-state index contributed by atoms with van der Waals surface area (Å²) in [5.74, 6) is 0.628. The molecule has 0 saturated carbocycles. The molecule has 0 spiro atoms. The van der Waals surface area contributed by atoms with Crippen LogP contribution in [0.4, 0.5) is 0 Å². The van der Waals surface area contributed by atoms with E-state index in [9.17, 15) is 4.79 Å². The Morgan fingerprint density at radius 1 is 1.60 bits per heavy atom. The number of carbonyl (C=O) groups excluding carboxylic acids is 1. The molecule has 0 fully saturated rings. The Kier molecular flexibility index (Phi) is 2.14. The fraction of sp³-hybridized carbons (Fsp3) is 0.455. The number of hydrogen-bond acceptors (Lipinski definition) is 3. The Morgan fingerprint density at radius 3 is 2.80 bits per heavy atom. The highest BCUT2D eigenvalue weighted by atomic mass is 16.5. The monoisotopic (exact) mass is 206 g/mol. The largest absolute Gasteiger partial charge is 0.474 e. The van der Waals surface area contributed by atoms with Crippen molar-refractivity contribution in [3.05, 3.63) is 23.5 Å². The molecule has 0 bridgehead atoms. The highest BCUT2D eigenvalue weighted by molar-refractivity contribution is 5.99. The zero-order chi connectivity index (χ0) is 11.1. The van der Waals surface area contributed by atoms with Crippen LogP contribution in [0.3, 0.4) is 0 Å². The zero-order valence-corrected chi connectivity index (χ0v) is 9.13. The molecule has 4 heteroatoms. The van der Waals surface area contributed by atoms with Gasteiger partial charge in [0.15, 0.2) is 5.78 Å². The van der Waals surface area contributed by atoms with Crippen LogP contribution in [0, 0.1) is 0 Å². The summed E-state index contributed by atoms with van der Waals surface area (Å²) in [6.07, 6.45) is 1.68. The normalized spacial score (nSPS) is 18.5. The van der Waals surface area contributed by atoms with Crippen molar-refractivity contribution in [2.24, 2.45) is 4.99 Å². The van der Waals surface area contributed by atoms with Gasteiger partial charge in [-0.05, 0) is 26.8 Å². The van der Waals surface area contributed by atoms with Crippen molar-refractivity contribution in [1.82, 2.24) is 4.98 Å². The first kappa shape index (κ1) is 9.96. The Bertz CT molecular complexity index is 430. The van der Waals surface area contributed by atoms with Crippen LogP contribution in [0.5, 0.6) is 0 Å². The number of hydrogen-bond donors (Lipinski definition) is 1. The molecular weight excluding hydrogens is 192 g/mol. The third-order valence-electron chi connectivity index (χ3n) is 2.29. The number of aromatic amines is 1. The number of nitrogens with one attached hydrogen (secondary N) is 1. The van der Waals surface area contributed by atoms with E-state index in [1.807, 2.05) is 13.8 Å². The number of ketones is 1. The van der Waals surface area contributed by atoms with Gasteiger partial charge in [0.1, 0.15) is 12.3 Å². The predicted octanol–water partition coefficient (Wildman–Crippen LogP) is 1.77. The van der Waals surface area contributed by atoms with Crippen molar-refractivity contribution < 1.29 is 9.53 Å². The lowest BCUT2D eigenvalue weighted by molar-refractivity contribution is 0.101. The van der Waals surface area contributed by atoms with Crippen LogP contribution in [0.1, 0.15) is 36.8 Å². The highest BCUT2D eigenvalue weighted by Crippen LogP contribution is 2.20. The van der Waals surface area contributed by atoms with Gasteiger partial charge in [-0.1, -0.05) is 0 Å². The molecule has 4 nitrogen and oxygen atoms in total. The third kappa shape index (κ3) is 1.93. The summed E-state index contributed by atoms with van der Waals surface area (Å²) in [5, 5.41) is 0. The number of H-pyrrole nitrogens is 1. The van der Waals surface area contributed by atoms with Gasteiger partial charge in [0.2, 0.25) is 5.90 Å². The van der Waals surface area contributed by atoms with Crippen LogP contribution in [0.15, 0.2) is 17.3 Å². The van der Waals surface area contributed by atoms with E-state index in [1.54, 1.807) is 12.3 Å². The van der Waals surface area contributed by atoms with Gasteiger partial charge >= 0.3 is 0 Å². The molecule has 80 valence electrons. The van der Waals surface area contributed by atoms with Crippen molar-refractivity contribution >= 4 is 11.7 Å². The molecule has 1 aromatic heterocycles. The molecule has 15 heavy (non-hydrogen) atoms. The number of rotatable bonds is 2. The van der Waals surface area contributed by atoms with Crippen LogP contribution in [-0.4, -0.2) is 28.8 Å². The summed E-state index contributed by atoms with van der Waals surface area (Å²) >= 11 is 0. The molecule has 1 aliphatic rings. The Balaban J connectivity index is 2.28. The van der Waals surface area contributed by atoms with E-state index in [0.29, 0.717) is 18.1 Å². The summed E-state index contributed by atoms with van der Waals surface area (Å²) in [6, 6.07) is 1.77. The molecule has 1 aromatic rings. The maximum atomic E-state index is 11.1. The highest BCUT2D eigenvalue weighted by Gasteiger charge is 2.27. The topological polar surface area (TPSA) is 54.5 Å². The van der Waals surface area contributed by atoms with Crippen LogP contribution in [0.25, 0.3) is 0 Å². The number of aliphatic imine (C=N–C) groups is 1. The van der Waals surface area contributed by atoms with Gasteiger partial charge in [-0.25, -0.2) is 4.99 Å². The summed E-state index contributed by atoms with van der Waals surface area (Å²) in [7, 11) is 0. The lowest BCUT2D eigenvalue weighted by Gasteiger charge is -2.07. The van der Waals surface area contributed by atoms with Crippen LogP contribution < -0.4 is 0 Å². The zero-order valence-electron chi connectivity index (χ0n) is 9.13. The van der Waals surface area contributed by atoms with Gasteiger partial charge in [0.25, 0.3) is 0 Å². The summed E-state index contributed by atoms with van der Waals surface area (Å²) in [6.45, 7) is 6.13. The molecule has 1 aliphatic heterocycles. The van der Waals surface area contributed by atoms with E-state index in [4.69, 9.17) is 4.74 Å². The van der Waals surface area contributed by atoms with Gasteiger partial charge in [-0.3, -0.25) is 4.79 Å². The minimum Gasteiger partial charge on any atom is -0.474 e. The molecule has 0 atom stereocenters. The Morgan fingerprint density at radius 2 is 2.33 bits per heavy atom. The number of ether oxygens (including phenoxy) is 1. The smallest absolute Gasteiger partial charge is 0.233 e. The third-order valence-corrected chi connectivity index (χ3v) is 2.29. The molecule has 0 aromatic carbocycles. The van der Waals surface area contributed by atoms with Gasteiger partial charge in [0, 0.05) is 11.8 Å². The maximum absolute atomic E-state index is 11.1. The van der Waals surface area contributed by atoms with Crippen LogP contribution in [-0.2, 0) is 4.74 Å². The average Bonchev–Trinajstić information content (AvgIpc) is 2.70. The molecular formula is C11H14N2O2. The molecule has 2 rings (SSSR count). The molecule has 0 unspecified atom stereocenters. The second-order valence-corrected chi connectivity index (χ2v) is 4.38.